The van der Waals surface area contributed by atoms with Crippen molar-refractivity contribution in [1.29, 1.82) is 0 Å². The van der Waals surface area contributed by atoms with E-state index in [1.807, 2.05) is 0 Å². The quantitative estimate of drug-likeness (QED) is 0.708. The summed E-state index contributed by atoms with van der Waals surface area (Å²) in [6.07, 6.45) is 18.0. The van der Waals surface area contributed by atoms with Gasteiger partial charge in [0.15, 0.2) is 0 Å². The summed E-state index contributed by atoms with van der Waals surface area (Å²) in [7, 11) is 0. The molecule has 3 aliphatic rings. The number of rotatable bonds is 6. The summed E-state index contributed by atoms with van der Waals surface area (Å²) >= 11 is 0. The van der Waals surface area contributed by atoms with Crippen molar-refractivity contribution < 1.29 is 4.74 Å². The molecule has 0 N–H and O–H groups in total. The molecule has 0 radical (unpaired) electrons. The highest BCUT2D eigenvalue weighted by atomic mass is 16.5. The van der Waals surface area contributed by atoms with Crippen molar-refractivity contribution in [3.05, 3.63) is 0 Å². The van der Waals surface area contributed by atoms with Gasteiger partial charge in [-0.15, -0.1) is 0 Å². The van der Waals surface area contributed by atoms with Gasteiger partial charge in [0.05, 0.1) is 12.7 Å². The Labute approximate surface area is 131 Å². The highest BCUT2D eigenvalue weighted by molar-refractivity contribution is 4.77. The van der Waals surface area contributed by atoms with Gasteiger partial charge >= 0.3 is 0 Å². The van der Waals surface area contributed by atoms with Crippen molar-refractivity contribution >= 4 is 0 Å². The molecular formula is C19H35NO. The second kappa shape index (κ2) is 8.53. The molecule has 2 aliphatic carbocycles. The molecule has 2 nitrogen and oxygen atoms in total. The Morgan fingerprint density at radius 2 is 1.38 bits per heavy atom. The van der Waals surface area contributed by atoms with Crippen LogP contribution >= 0.6 is 0 Å². The molecule has 3 rings (SSSR count). The molecule has 0 unspecified atom stereocenters. The van der Waals surface area contributed by atoms with Crippen molar-refractivity contribution in [3.63, 3.8) is 0 Å². The highest BCUT2D eigenvalue weighted by Gasteiger charge is 2.25. The second-order valence-corrected chi connectivity index (χ2v) is 7.80. The Hall–Kier alpha value is -0.0800. The van der Waals surface area contributed by atoms with Gasteiger partial charge in [0, 0.05) is 6.54 Å². The monoisotopic (exact) mass is 293 g/mol. The van der Waals surface area contributed by atoms with Gasteiger partial charge in [0.1, 0.15) is 0 Å². The molecule has 0 atom stereocenters. The number of ether oxygens (including phenoxy) is 1. The van der Waals surface area contributed by atoms with Crippen LogP contribution in [-0.4, -0.2) is 37.2 Å². The highest BCUT2D eigenvalue weighted by Crippen LogP contribution is 2.35. The first kappa shape index (κ1) is 15.8. The summed E-state index contributed by atoms with van der Waals surface area (Å²) in [6, 6.07) is 0. The maximum absolute atomic E-state index is 6.14. The fraction of sp³-hybridized carbons (Fsp3) is 1.00. The fourth-order valence-corrected chi connectivity index (χ4v) is 4.78. The molecule has 1 heterocycles. The normalized spacial score (nSPS) is 32.6. The molecular weight excluding hydrogens is 258 g/mol. The van der Waals surface area contributed by atoms with Crippen LogP contribution in [0.5, 0.6) is 0 Å². The Kier molecular flexibility index (Phi) is 6.42. The van der Waals surface area contributed by atoms with Crippen molar-refractivity contribution in [2.24, 2.45) is 11.8 Å². The molecule has 0 bridgehead atoms. The lowest BCUT2D eigenvalue weighted by atomic mass is 9.77. The van der Waals surface area contributed by atoms with E-state index in [2.05, 4.69) is 4.90 Å². The number of likely N-dealkylation sites (tertiary alicyclic amines) is 1. The van der Waals surface area contributed by atoms with Crippen LogP contribution in [-0.2, 0) is 4.74 Å². The predicted octanol–water partition coefficient (Wildman–Crippen LogP) is 4.63. The summed E-state index contributed by atoms with van der Waals surface area (Å²) in [5, 5.41) is 0. The van der Waals surface area contributed by atoms with Gasteiger partial charge in [-0.3, -0.25) is 0 Å². The lowest BCUT2D eigenvalue weighted by Gasteiger charge is -2.32. The number of hydrogen-bond donors (Lipinski definition) is 0. The minimum Gasteiger partial charge on any atom is -0.377 e. The molecule has 21 heavy (non-hydrogen) atoms. The minimum atomic E-state index is 0.579. The lowest BCUT2D eigenvalue weighted by molar-refractivity contribution is 0.00678. The van der Waals surface area contributed by atoms with E-state index in [1.54, 1.807) is 0 Å². The standard InChI is InChI=1S/C19H35NO/c1-2-6-17(7-3-1)16-18-8-10-19(11-9-18)21-15-14-20-12-4-5-13-20/h17-19H,1-16H2. The molecule has 2 saturated carbocycles. The molecule has 2 heteroatoms. The van der Waals surface area contributed by atoms with Crippen LogP contribution in [0.2, 0.25) is 0 Å². The topological polar surface area (TPSA) is 12.5 Å². The van der Waals surface area contributed by atoms with Crippen LogP contribution in [0.25, 0.3) is 0 Å². The van der Waals surface area contributed by atoms with Gasteiger partial charge in [0.25, 0.3) is 0 Å². The van der Waals surface area contributed by atoms with Gasteiger partial charge in [-0.2, -0.15) is 0 Å². The van der Waals surface area contributed by atoms with Crippen LogP contribution in [0.1, 0.15) is 77.0 Å². The van der Waals surface area contributed by atoms with E-state index >= 15 is 0 Å². The molecule has 122 valence electrons. The smallest absolute Gasteiger partial charge is 0.0597 e. The average molecular weight is 293 g/mol. The molecule has 0 amide bonds. The SMILES string of the molecule is C1CCC(CC2CCC(OCCN3CCCC3)CC2)CC1. The van der Waals surface area contributed by atoms with E-state index in [-0.39, 0.29) is 0 Å². The predicted molar refractivity (Wildman–Crippen MR) is 88.6 cm³/mol. The average Bonchev–Trinajstić information content (AvgIpc) is 3.03. The lowest BCUT2D eigenvalue weighted by Crippen LogP contribution is -2.28. The largest absolute Gasteiger partial charge is 0.377 e. The van der Waals surface area contributed by atoms with E-state index in [9.17, 15) is 0 Å². The third kappa shape index (κ3) is 5.25. The maximum Gasteiger partial charge on any atom is 0.0597 e. The van der Waals surface area contributed by atoms with Crippen LogP contribution in [0, 0.1) is 11.8 Å². The molecule has 0 aromatic heterocycles. The Bertz CT molecular complexity index is 273. The van der Waals surface area contributed by atoms with Crippen LogP contribution < -0.4 is 0 Å². The zero-order valence-corrected chi connectivity index (χ0v) is 13.9. The van der Waals surface area contributed by atoms with Crippen molar-refractivity contribution in [2.45, 2.75) is 83.2 Å². The zero-order chi connectivity index (χ0) is 14.3. The fourth-order valence-electron chi connectivity index (χ4n) is 4.78. The second-order valence-electron chi connectivity index (χ2n) is 7.80. The van der Waals surface area contributed by atoms with E-state index < -0.39 is 0 Å². The summed E-state index contributed by atoms with van der Waals surface area (Å²) in [5.41, 5.74) is 0. The molecule has 1 saturated heterocycles. The molecule has 0 aromatic rings. The first-order valence-electron chi connectivity index (χ1n) is 9.74. The third-order valence-corrected chi connectivity index (χ3v) is 6.14. The van der Waals surface area contributed by atoms with Crippen molar-refractivity contribution in [1.82, 2.24) is 4.90 Å². The molecule has 1 aliphatic heterocycles. The van der Waals surface area contributed by atoms with Crippen molar-refractivity contribution in [3.8, 4) is 0 Å². The van der Waals surface area contributed by atoms with Crippen LogP contribution in [0.4, 0.5) is 0 Å². The van der Waals surface area contributed by atoms with Crippen LogP contribution in [0.15, 0.2) is 0 Å². The van der Waals surface area contributed by atoms with E-state index in [4.69, 9.17) is 4.74 Å². The molecule has 3 fully saturated rings. The molecule has 0 spiro atoms. The van der Waals surface area contributed by atoms with E-state index in [0.29, 0.717) is 6.10 Å². The number of hydrogen-bond acceptors (Lipinski definition) is 2. The van der Waals surface area contributed by atoms with Crippen LogP contribution in [0.3, 0.4) is 0 Å². The van der Waals surface area contributed by atoms with Crippen molar-refractivity contribution in [2.75, 3.05) is 26.2 Å². The zero-order valence-electron chi connectivity index (χ0n) is 13.9. The summed E-state index contributed by atoms with van der Waals surface area (Å²) in [4.78, 5) is 2.56. The summed E-state index contributed by atoms with van der Waals surface area (Å²) < 4.78 is 6.14. The first-order valence-corrected chi connectivity index (χ1v) is 9.74. The Morgan fingerprint density at radius 1 is 0.714 bits per heavy atom. The maximum atomic E-state index is 6.14. The van der Waals surface area contributed by atoms with Gasteiger partial charge in [-0.1, -0.05) is 32.1 Å². The summed E-state index contributed by atoms with van der Waals surface area (Å²) in [5.74, 6) is 2.09. The molecule has 0 aromatic carbocycles. The van der Waals surface area contributed by atoms with Gasteiger partial charge in [-0.05, 0) is 69.9 Å². The third-order valence-electron chi connectivity index (χ3n) is 6.14. The number of nitrogens with zero attached hydrogens (tertiary/aromatic N) is 1. The van der Waals surface area contributed by atoms with Gasteiger partial charge in [-0.25, -0.2) is 0 Å². The first-order chi connectivity index (χ1) is 10.4. The summed E-state index contributed by atoms with van der Waals surface area (Å²) in [6.45, 7) is 4.74. The van der Waals surface area contributed by atoms with E-state index in [1.165, 1.54) is 96.7 Å². The minimum absolute atomic E-state index is 0.579. The Balaban J connectivity index is 1.26. The Morgan fingerprint density at radius 3 is 2.10 bits per heavy atom. The van der Waals surface area contributed by atoms with E-state index in [0.717, 1.165) is 18.4 Å². The van der Waals surface area contributed by atoms with Gasteiger partial charge in [0.2, 0.25) is 0 Å². The van der Waals surface area contributed by atoms with Gasteiger partial charge < -0.3 is 9.64 Å².